The molecule has 0 saturated heterocycles. The first-order valence-electron chi connectivity index (χ1n) is 4.12. The van der Waals surface area contributed by atoms with Crippen LogP contribution in [0.5, 0.6) is 0 Å². The Morgan fingerprint density at radius 1 is 1.33 bits per heavy atom. The lowest BCUT2D eigenvalue weighted by Crippen LogP contribution is -2.18. The van der Waals surface area contributed by atoms with Crippen molar-refractivity contribution in [1.82, 2.24) is 0 Å². The van der Waals surface area contributed by atoms with Crippen molar-refractivity contribution in [2.75, 3.05) is 0 Å². The maximum Gasteiger partial charge on any atom is 0.0476 e. The van der Waals surface area contributed by atoms with E-state index in [2.05, 4.69) is 6.07 Å². The molecule has 0 saturated carbocycles. The largest absolute Gasteiger partial charge is 0.328 e. The normalized spacial score (nSPS) is 12.9. The summed E-state index contributed by atoms with van der Waals surface area (Å²) in [7, 11) is 0. The molecule has 66 valence electrons. The van der Waals surface area contributed by atoms with Crippen LogP contribution in [-0.2, 0) is 12.3 Å². The van der Waals surface area contributed by atoms with E-state index in [4.69, 9.17) is 17.3 Å². The second kappa shape index (κ2) is 4.48. The van der Waals surface area contributed by atoms with Gasteiger partial charge in [-0.1, -0.05) is 24.3 Å². The Morgan fingerprint density at radius 3 is 2.42 bits per heavy atom. The summed E-state index contributed by atoms with van der Waals surface area (Å²) >= 11 is 5.77. The Balaban J connectivity index is 2.82. The number of nitrogens with two attached hydrogens (primary N) is 1. The van der Waals surface area contributed by atoms with Crippen LogP contribution in [0.2, 0.25) is 0 Å². The van der Waals surface area contributed by atoms with Crippen molar-refractivity contribution in [2.24, 2.45) is 5.73 Å². The highest BCUT2D eigenvalue weighted by atomic mass is 35.5. The van der Waals surface area contributed by atoms with Crippen molar-refractivity contribution >= 4 is 11.6 Å². The van der Waals surface area contributed by atoms with Crippen LogP contribution in [0.3, 0.4) is 0 Å². The predicted molar refractivity (Wildman–Crippen MR) is 53.4 cm³/mol. The zero-order valence-electron chi connectivity index (χ0n) is 7.26. The molecule has 0 fully saturated rings. The van der Waals surface area contributed by atoms with Crippen molar-refractivity contribution in [3.63, 3.8) is 0 Å². The lowest BCUT2D eigenvalue weighted by molar-refractivity contribution is 0.734. The van der Waals surface area contributed by atoms with Crippen molar-refractivity contribution in [1.29, 1.82) is 0 Å². The topological polar surface area (TPSA) is 26.0 Å². The van der Waals surface area contributed by atoms with Gasteiger partial charge in [-0.25, -0.2) is 0 Å². The first-order valence-corrected chi connectivity index (χ1v) is 4.66. The van der Waals surface area contributed by atoms with Gasteiger partial charge in [-0.2, -0.15) is 0 Å². The molecule has 1 atom stereocenters. The molecule has 2 heteroatoms. The molecule has 12 heavy (non-hydrogen) atoms. The molecular weight excluding hydrogens is 170 g/mol. The third-order valence-electron chi connectivity index (χ3n) is 1.80. The summed E-state index contributed by atoms with van der Waals surface area (Å²) in [5.74, 6) is 0.572. The fourth-order valence-electron chi connectivity index (χ4n) is 1.23. The Hall–Kier alpha value is -0.530. The van der Waals surface area contributed by atoms with Gasteiger partial charge in [-0.05, 0) is 24.5 Å². The van der Waals surface area contributed by atoms with Gasteiger partial charge in [0.05, 0.1) is 0 Å². The van der Waals surface area contributed by atoms with E-state index in [0.29, 0.717) is 5.88 Å². The van der Waals surface area contributed by atoms with Crippen LogP contribution in [-0.4, -0.2) is 6.04 Å². The standard InChI is InChI=1S/C10H14ClN/c1-8(12)6-9-4-2-3-5-10(9)7-11/h2-5,8H,6-7,12H2,1H3. The van der Waals surface area contributed by atoms with Crippen molar-refractivity contribution in [3.8, 4) is 0 Å². The Bertz CT molecular complexity index is 245. The van der Waals surface area contributed by atoms with Gasteiger partial charge >= 0.3 is 0 Å². The van der Waals surface area contributed by atoms with E-state index in [9.17, 15) is 0 Å². The van der Waals surface area contributed by atoms with Gasteiger partial charge in [-0.15, -0.1) is 11.6 Å². The number of rotatable bonds is 3. The van der Waals surface area contributed by atoms with Crippen molar-refractivity contribution in [2.45, 2.75) is 25.3 Å². The second-order valence-electron chi connectivity index (χ2n) is 3.08. The minimum absolute atomic E-state index is 0.203. The smallest absolute Gasteiger partial charge is 0.0476 e. The number of benzene rings is 1. The van der Waals surface area contributed by atoms with Crippen LogP contribution in [0.15, 0.2) is 24.3 Å². The number of hydrogen-bond acceptors (Lipinski definition) is 1. The van der Waals surface area contributed by atoms with Crippen LogP contribution in [0.25, 0.3) is 0 Å². The van der Waals surface area contributed by atoms with Crippen LogP contribution < -0.4 is 5.73 Å². The average molecular weight is 184 g/mol. The van der Waals surface area contributed by atoms with Crippen molar-refractivity contribution in [3.05, 3.63) is 35.4 Å². The average Bonchev–Trinajstić information content (AvgIpc) is 2.04. The molecular formula is C10H14ClN. The Kier molecular flexibility index (Phi) is 3.57. The zero-order valence-corrected chi connectivity index (χ0v) is 8.01. The highest BCUT2D eigenvalue weighted by molar-refractivity contribution is 6.17. The highest BCUT2D eigenvalue weighted by Gasteiger charge is 2.02. The first kappa shape index (κ1) is 9.56. The Morgan fingerprint density at radius 2 is 1.92 bits per heavy atom. The van der Waals surface area contributed by atoms with Gasteiger partial charge in [0.25, 0.3) is 0 Å². The van der Waals surface area contributed by atoms with E-state index < -0.39 is 0 Å². The Labute approximate surface area is 78.5 Å². The summed E-state index contributed by atoms with van der Waals surface area (Å²) in [5, 5.41) is 0. The summed E-state index contributed by atoms with van der Waals surface area (Å²) in [6.45, 7) is 2.00. The monoisotopic (exact) mass is 183 g/mol. The molecule has 0 amide bonds. The summed E-state index contributed by atoms with van der Waals surface area (Å²) in [5.41, 5.74) is 8.16. The highest BCUT2D eigenvalue weighted by Crippen LogP contribution is 2.12. The third-order valence-corrected chi connectivity index (χ3v) is 2.09. The molecule has 0 aliphatic rings. The van der Waals surface area contributed by atoms with Crippen molar-refractivity contribution < 1.29 is 0 Å². The molecule has 0 radical (unpaired) electrons. The fraction of sp³-hybridized carbons (Fsp3) is 0.400. The third kappa shape index (κ3) is 2.50. The maximum absolute atomic E-state index is 5.77. The van der Waals surface area contributed by atoms with Gasteiger partial charge in [0, 0.05) is 11.9 Å². The molecule has 0 aromatic heterocycles. The molecule has 0 bridgehead atoms. The summed E-state index contributed by atoms with van der Waals surface area (Å²) in [6, 6.07) is 8.36. The minimum Gasteiger partial charge on any atom is -0.328 e. The van der Waals surface area contributed by atoms with Gasteiger partial charge in [0.2, 0.25) is 0 Å². The summed E-state index contributed by atoms with van der Waals surface area (Å²) in [4.78, 5) is 0. The molecule has 1 nitrogen and oxygen atoms in total. The number of halogens is 1. The van der Waals surface area contributed by atoms with Gasteiger partial charge in [-0.3, -0.25) is 0 Å². The quantitative estimate of drug-likeness (QED) is 0.716. The summed E-state index contributed by atoms with van der Waals surface area (Å²) in [6.07, 6.45) is 0.906. The number of alkyl halides is 1. The van der Waals surface area contributed by atoms with E-state index in [1.807, 2.05) is 25.1 Å². The van der Waals surface area contributed by atoms with Crippen LogP contribution in [0.4, 0.5) is 0 Å². The molecule has 2 N–H and O–H groups in total. The van der Waals surface area contributed by atoms with Crippen LogP contribution in [0, 0.1) is 0 Å². The summed E-state index contributed by atoms with van der Waals surface area (Å²) < 4.78 is 0. The maximum atomic E-state index is 5.77. The molecule has 0 heterocycles. The van der Waals surface area contributed by atoms with E-state index in [0.717, 1.165) is 6.42 Å². The van der Waals surface area contributed by atoms with E-state index in [-0.39, 0.29) is 6.04 Å². The molecule has 0 aliphatic carbocycles. The van der Waals surface area contributed by atoms with E-state index >= 15 is 0 Å². The lowest BCUT2D eigenvalue weighted by Gasteiger charge is -2.08. The van der Waals surface area contributed by atoms with E-state index in [1.54, 1.807) is 0 Å². The number of hydrogen-bond donors (Lipinski definition) is 1. The molecule has 1 unspecified atom stereocenters. The molecule has 1 aromatic carbocycles. The fourth-order valence-corrected chi connectivity index (χ4v) is 1.49. The molecule has 0 spiro atoms. The van der Waals surface area contributed by atoms with E-state index in [1.165, 1.54) is 11.1 Å². The second-order valence-corrected chi connectivity index (χ2v) is 3.35. The SMILES string of the molecule is CC(N)Cc1ccccc1CCl. The molecule has 1 aromatic rings. The van der Waals surface area contributed by atoms with Gasteiger partial charge in [0.15, 0.2) is 0 Å². The molecule has 0 aliphatic heterocycles. The predicted octanol–water partition coefficient (Wildman–Crippen LogP) is 2.32. The zero-order chi connectivity index (χ0) is 8.97. The first-order chi connectivity index (χ1) is 5.74. The lowest BCUT2D eigenvalue weighted by atomic mass is 10.0. The van der Waals surface area contributed by atoms with Gasteiger partial charge in [0.1, 0.15) is 0 Å². The molecule has 1 rings (SSSR count). The minimum atomic E-state index is 0.203. The van der Waals surface area contributed by atoms with Gasteiger partial charge < -0.3 is 5.73 Å². The van der Waals surface area contributed by atoms with Crippen LogP contribution >= 0.6 is 11.6 Å². The van der Waals surface area contributed by atoms with Crippen LogP contribution in [0.1, 0.15) is 18.1 Å².